The first-order valence-corrected chi connectivity index (χ1v) is 6.49. The first-order valence-electron chi connectivity index (χ1n) is 5.70. The van der Waals surface area contributed by atoms with Crippen LogP contribution in [-0.2, 0) is 14.3 Å². The second kappa shape index (κ2) is 7.04. The number of halogens is 1. The summed E-state index contributed by atoms with van der Waals surface area (Å²) in [5.41, 5.74) is 0.887. The molecule has 0 unspecified atom stereocenters. The van der Waals surface area contributed by atoms with E-state index in [2.05, 4.69) is 21.2 Å². The second-order valence-electron chi connectivity index (χ2n) is 3.84. The molecule has 0 spiro atoms. The lowest BCUT2D eigenvalue weighted by atomic mass is 10.2. The molecular formula is C13H14BrNO4. The van der Waals surface area contributed by atoms with Crippen LogP contribution in [0.15, 0.2) is 22.7 Å². The SMILES string of the molecule is CCOC(=O)c1ccc(NC(=O)CC(C)=O)c(Br)c1. The Labute approximate surface area is 119 Å². The van der Waals surface area contributed by atoms with Crippen LogP contribution in [0.5, 0.6) is 0 Å². The molecule has 6 heteroatoms. The van der Waals surface area contributed by atoms with E-state index in [9.17, 15) is 14.4 Å². The topological polar surface area (TPSA) is 72.5 Å². The predicted molar refractivity (Wildman–Crippen MR) is 74.0 cm³/mol. The maximum atomic E-state index is 11.5. The van der Waals surface area contributed by atoms with Crippen LogP contribution in [0.25, 0.3) is 0 Å². The summed E-state index contributed by atoms with van der Waals surface area (Å²) in [6.07, 6.45) is -0.175. The van der Waals surface area contributed by atoms with Gasteiger partial charge in [0.1, 0.15) is 5.78 Å². The normalized spacial score (nSPS) is 9.84. The third kappa shape index (κ3) is 4.82. The lowest BCUT2D eigenvalue weighted by molar-refractivity contribution is -0.124. The molecule has 0 aliphatic rings. The number of ether oxygens (including phenoxy) is 1. The molecule has 0 aromatic heterocycles. The van der Waals surface area contributed by atoms with Gasteiger partial charge in [0.2, 0.25) is 5.91 Å². The van der Waals surface area contributed by atoms with Crippen LogP contribution in [0.3, 0.4) is 0 Å². The fraction of sp³-hybridized carbons (Fsp3) is 0.308. The molecule has 0 aliphatic heterocycles. The van der Waals surface area contributed by atoms with Crippen LogP contribution >= 0.6 is 15.9 Å². The Balaban J connectivity index is 2.80. The Morgan fingerprint density at radius 3 is 2.53 bits per heavy atom. The first kappa shape index (κ1) is 15.4. The Morgan fingerprint density at radius 2 is 2.00 bits per heavy atom. The summed E-state index contributed by atoms with van der Waals surface area (Å²) in [6.45, 7) is 3.37. The molecule has 102 valence electrons. The third-order valence-corrected chi connectivity index (χ3v) is 2.82. The Morgan fingerprint density at radius 1 is 1.32 bits per heavy atom. The van der Waals surface area contributed by atoms with Crippen molar-refractivity contribution in [3.63, 3.8) is 0 Å². The molecular weight excluding hydrogens is 314 g/mol. The zero-order chi connectivity index (χ0) is 14.4. The van der Waals surface area contributed by atoms with Crippen LogP contribution in [-0.4, -0.2) is 24.3 Å². The largest absolute Gasteiger partial charge is 0.462 e. The molecule has 0 radical (unpaired) electrons. The second-order valence-corrected chi connectivity index (χ2v) is 4.70. The van der Waals surface area contributed by atoms with Crippen LogP contribution in [0.2, 0.25) is 0 Å². The van der Waals surface area contributed by atoms with Crippen molar-refractivity contribution in [3.05, 3.63) is 28.2 Å². The van der Waals surface area contributed by atoms with Gasteiger partial charge in [0.05, 0.1) is 24.3 Å². The number of rotatable bonds is 5. The Bertz CT molecular complexity index is 513. The maximum Gasteiger partial charge on any atom is 0.338 e. The van der Waals surface area contributed by atoms with Crippen LogP contribution in [0.1, 0.15) is 30.6 Å². The third-order valence-electron chi connectivity index (χ3n) is 2.16. The number of hydrogen-bond donors (Lipinski definition) is 1. The average Bonchev–Trinajstić information content (AvgIpc) is 2.31. The van der Waals surface area contributed by atoms with Gasteiger partial charge in [-0.3, -0.25) is 9.59 Å². The van der Waals surface area contributed by atoms with Gasteiger partial charge in [0.25, 0.3) is 0 Å². The smallest absolute Gasteiger partial charge is 0.338 e. The standard InChI is InChI=1S/C13H14BrNO4/c1-3-19-13(18)9-4-5-11(10(14)7-9)15-12(17)6-8(2)16/h4-5,7H,3,6H2,1-2H3,(H,15,17). The molecule has 0 fully saturated rings. The van der Waals surface area contributed by atoms with Gasteiger partial charge in [-0.2, -0.15) is 0 Å². The molecule has 5 nitrogen and oxygen atoms in total. The fourth-order valence-corrected chi connectivity index (χ4v) is 1.86. The van der Waals surface area contributed by atoms with E-state index in [1.54, 1.807) is 25.1 Å². The first-order chi connectivity index (χ1) is 8.93. The van der Waals surface area contributed by atoms with Gasteiger partial charge in [-0.05, 0) is 48.0 Å². The van der Waals surface area contributed by atoms with Crippen molar-refractivity contribution in [2.24, 2.45) is 0 Å². The minimum absolute atomic E-state index is 0.175. The van der Waals surface area contributed by atoms with Gasteiger partial charge in [0.15, 0.2) is 0 Å². The summed E-state index contributed by atoms with van der Waals surface area (Å²) in [4.78, 5) is 33.8. The van der Waals surface area contributed by atoms with Crippen LogP contribution < -0.4 is 5.32 Å². The fourth-order valence-electron chi connectivity index (χ4n) is 1.38. The number of esters is 1. The van der Waals surface area contributed by atoms with Gasteiger partial charge >= 0.3 is 5.97 Å². The molecule has 1 amide bonds. The van der Waals surface area contributed by atoms with Crippen molar-refractivity contribution < 1.29 is 19.1 Å². The number of benzene rings is 1. The number of ketones is 1. The molecule has 1 N–H and O–H groups in total. The maximum absolute atomic E-state index is 11.5. The number of nitrogens with one attached hydrogen (secondary N) is 1. The van der Waals surface area contributed by atoms with Crippen molar-refractivity contribution in [3.8, 4) is 0 Å². The molecule has 0 heterocycles. The van der Waals surface area contributed by atoms with Crippen LogP contribution in [0.4, 0.5) is 5.69 Å². The molecule has 0 saturated heterocycles. The van der Waals surface area contributed by atoms with E-state index < -0.39 is 11.9 Å². The quantitative estimate of drug-likeness (QED) is 0.666. The van der Waals surface area contributed by atoms with E-state index >= 15 is 0 Å². The van der Waals surface area contributed by atoms with Gasteiger partial charge in [0, 0.05) is 4.47 Å². The lowest BCUT2D eigenvalue weighted by Crippen LogP contribution is -2.15. The summed E-state index contributed by atoms with van der Waals surface area (Å²) in [7, 11) is 0. The number of amides is 1. The summed E-state index contributed by atoms with van der Waals surface area (Å²) in [5.74, 6) is -1.03. The van der Waals surface area contributed by atoms with E-state index in [-0.39, 0.29) is 12.2 Å². The number of anilines is 1. The summed E-state index contributed by atoms with van der Waals surface area (Å²) in [5, 5.41) is 2.58. The number of hydrogen-bond acceptors (Lipinski definition) is 4. The highest BCUT2D eigenvalue weighted by Crippen LogP contribution is 2.24. The highest BCUT2D eigenvalue weighted by atomic mass is 79.9. The molecule has 0 saturated carbocycles. The molecule has 0 bridgehead atoms. The monoisotopic (exact) mass is 327 g/mol. The van der Waals surface area contributed by atoms with Crippen molar-refractivity contribution in [1.82, 2.24) is 0 Å². The molecule has 0 atom stereocenters. The summed E-state index contributed by atoms with van der Waals surface area (Å²) >= 11 is 3.25. The molecule has 0 aliphatic carbocycles. The van der Waals surface area contributed by atoms with Crippen molar-refractivity contribution in [1.29, 1.82) is 0 Å². The highest BCUT2D eigenvalue weighted by molar-refractivity contribution is 9.10. The highest BCUT2D eigenvalue weighted by Gasteiger charge is 2.11. The number of carbonyl (C=O) groups excluding carboxylic acids is 3. The Kier molecular flexibility index (Phi) is 5.69. The number of carbonyl (C=O) groups is 3. The minimum Gasteiger partial charge on any atom is -0.462 e. The van der Waals surface area contributed by atoms with E-state index in [4.69, 9.17) is 4.74 Å². The van der Waals surface area contributed by atoms with E-state index in [0.29, 0.717) is 22.3 Å². The van der Waals surface area contributed by atoms with Crippen molar-refractivity contribution >= 4 is 39.3 Å². The van der Waals surface area contributed by atoms with E-state index in [1.165, 1.54) is 6.92 Å². The molecule has 19 heavy (non-hydrogen) atoms. The molecule has 1 rings (SSSR count). The van der Waals surface area contributed by atoms with E-state index in [1.807, 2.05) is 0 Å². The zero-order valence-corrected chi connectivity index (χ0v) is 12.2. The van der Waals surface area contributed by atoms with E-state index in [0.717, 1.165) is 0 Å². The van der Waals surface area contributed by atoms with Gasteiger partial charge in [-0.15, -0.1) is 0 Å². The summed E-state index contributed by atoms with van der Waals surface area (Å²) < 4.78 is 5.42. The van der Waals surface area contributed by atoms with Crippen LogP contribution in [0, 0.1) is 0 Å². The Hall–Kier alpha value is -1.69. The zero-order valence-electron chi connectivity index (χ0n) is 10.7. The van der Waals surface area contributed by atoms with Gasteiger partial charge in [-0.25, -0.2) is 4.79 Å². The number of Topliss-reactive ketones (excluding diaryl/α,β-unsaturated/α-hetero) is 1. The average molecular weight is 328 g/mol. The molecule has 1 aromatic rings. The molecule has 1 aromatic carbocycles. The van der Waals surface area contributed by atoms with Gasteiger partial charge in [-0.1, -0.05) is 0 Å². The van der Waals surface area contributed by atoms with Crippen molar-refractivity contribution in [2.45, 2.75) is 20.3 Å². The van der Waals surface area contributed by atoms with Crippen molar-refractivity contribution in [2.75, 3.05) is 11.9 Å². The van der Waals surface area contributed by atoms with Gasteiger partial charge < -0.3 is 10.1 Å². The predicted octanol–water partition coefficient (Wildman–Crippen LogP) is 2.54. The summed E-state index contributed by atoms with van der Waals surface area (Å²) in [6, 6.07) is 4.68. The minimum atomic E-state index is -0.426. The lowest BCUT2D eigenvalue weighted by Gasteiger charge is -2.08.